The second kappa shape index (κ2) is 12.0. The highest BCUT2D eigenvalue weighted by Gasteiger charge is 2.34. The molecule has 1 aliphatic rings. The summed E-state index contributed by atoms with van der Waals surface area (Å²) in [5.41, 5.74) is 3.73. The molecule has 2 rings (SSSR count). The van der Waals surface area contributed by atoms with Crippen LogP contribution in [0.3, 0.4) is 0 Å². The van der Waals surface area contributed by atoms with Crippen molar-refractivity contribution in [3.63, 3.8) is 0 Å². The lowest BCUT2D eigenvalue weighted by atomic mass is 9.71. The number of hydrogen-bond acceptors (Lipinski definition) is 4. The Kier molecular flexibility index (Phi) is 9.96. The molecule has 0 N–H and O–H groups in total. The second-order valence-corrected chi connectivity index (χ2v) is 11.4. The zero-order chi connectivity index (χ0) is 25.6. The first-order valence-corrected chi connectivity index (χ1v) is 13.1. The summed E-state index contributed by atoms with van der Waals surface area (Å²) in [4.78, 5) is 50.2. The molecular formula is C30H44O4. The Bertz CT molecular complexity index is 918. The van der Waals surface area contributed by atoms with Crippen LogP contribution in [0.2, 0.25) is 0 Å². The molecule has 188 valence electrons. The van der Waals surface area contributed by atoms with Crippen LogP contribution in [0.4, 0.5) is 0 Å². The molecule has 3 atom stereocenters. The fourth-order valence-corrected chi connectivity index (χ4v) is 5.66. The van der Waals surface area contributed by atoms with Crippen LogP contribution in [0.15, 0.2) is 12.1 Å². The van der Waals surface area contributed by atoms with Crippen molar-refractivity contribution in [3.05, 3.63) is 34.4 Å². The maximum Gasteiger partial charge on any atom is 0.163 e. The van der Waals surface area contributed by atoms with E-state index in [9.17, 15) is 19.2 Å². The molecule has 1 aromatic carbocycles. The number of hydrogen-bond donors (Lipinski definition) is 0. The van der Waals surface area contributed by atoms with E-state index in [0.717, 1.165) is 54.4 Å². The molecule has 34 heavy (non-hydrogen) atoms. The summed E-state index contributed by atoms with van der Waals surface area (Å²) in [6.45, 7) is 13.5. The van der Waals surface area contributed by atoms with Gasteiger partial charge in [0.15, 0.2) is 5.78 Å². The van der Waals surface area contributed by atoms with Gasteiger partial charge in [-0.3, -0.25) is 19.2 Å². The first-order chi connectivity index (χ1) is 15.9. The van der Waals surface area contributed by atoms with Crippen LogP contribution < -0.4 is 0 Å². The van der Waals surface area contributed by atoms with E-state index in [1.54, 1.807) is 0 Å². The molecule has 3 unspecified atom stereocenters. The first-order valence-electron chi connectivity index (χ1n) is 13.1. The quantitative estimate of drug-likeness (QED) is 0.321. The lowest BCUT2D eigenvalue weighted by Gasteiger charge is -2.32. The number of aryl methyl sites for hydroxylation is 2. The summed E-state index contributed by atoms with van der Waals surface area (Å²) in [6, 6.07) is 4.11. The maximum atomic E-state index is 13.2. The predicted octanol–water partition coefficient (Wildman–Crippen LogP) is 6.67. The third-order valence-corrected chi connectivity index (χ3v) is 7.46. The minimum Gasteiger partial charge on any atom is -0.300 e. The van der Waals surface area contributed by atoms with Gasteiger partial charge in [-0.25, -0.2) is 0 Å². The van der Waals surface area contributed by atoms with Gasteiger partial charge in [0.05, 0.1) is 6.42 Å². The maximum absolute atomic E-state index is 13.2. The molecule has 0 radical (unpaired) electrons. The molecule has 0 saturated carbocycles. The van der Waals surface area contributed by atoms with Crippen molar-refractivity contribution in [2.24, 2.45) is 23.2 Å². The Morgan fingerprint density at radius 1 is 1.09 bits per heavy atom. The first kappa shape index (κ1) is 28.1. The molecule has 0 aromatic heterocycles. The molecule has 0 bridgehead atoms. The molecular weight excluding hydrogens is 424 g/mol. The van der Waals surface area contributed by atoms with E-state index in [-0.39, 0.29) is 52.7 Å². The van der Waals surface area contributed by atoms with Crippen molar-refractivity contribution in [1.29, 1.82) is 0 Å². The highest BCUT2D eigenvalue weighted by Crippen LogP contribution is 2.38. The average molecular weight is 469 g/mol. The van der Waals surface area contributed by atoms with Crippen molar-refractivity contribution in [1.82, 2.24) is 0 Å². The van der Waals surface area contributed by atoms with E-state index in [2.05, 4.69) is 13.0 Å². The van der Waals surface area contributed by atoms with Crippen molar-refractivity contribution in [3.8, 4) is 0 Å². The highest BCUT2D eigenvalue weighted by molar-refractivity contribution is 6.00. The van der Waals surface area contributed by atoms with Gasteiger partial charge in [0, 0.05) is 29.7 Å². The minimum absolute atomic E-state index is 0.0102. The van der Waals surface area contributed by atoms with Gasteiger partial charge in [-0.1, -0.05) is 59.6 Å². The molecule has 4 nitrogen and oxygen atoms in total. The van der Waals surface area contributed by atoms with Crippen LogP contribution in [0.25, 0.3) is 0 Å². The summed E-state index contributed by atoms with van der Waals surface area (Å²) in [7, 11) is 0. The highest BCUT2D eigenvalue weighted by atomic mass is 16.1. The van der Waals surface area contributed by atoms with Crippen LogP contribution in [-0.2, 0) is 27.2 Å². The normalized spacial score (nSPS) is 17.7. The molecule has 0 fully saturated rings. The van der Waals surface area contributed by atoms with Gasteiger partial charge in [0.2, 0.25) is 0 Å². The van der Waals surface area contributed by atoms with E-state index in [1.165, 1.54) is 6.92 Å². The molecule has 0 saturated heterocycles. The molecule has 0 amide bonds. The zero-order valence-electron chi connectivity index (χ0n) is 22.4. The van der Waals surface area contributed by atoms with Crippen LogP contribution in [-0.4, -0.2) is 23.1 Å². The van der Waals surface area contributed by atoms with Crippen LogP contribution in [0.1, 0.15) is 114 Å². The van der Waals surface area contributed by atoms with E-state index in [0.29, 0.717) is 19.3 Å². The fraction of sp³-hybridized carbons (Fsp3) is 0.667. The Morgan fingerprint density at radius 3 is 2.32 bits per heavy atom. The second-order valence-electron chi connectivity index (χ2n) is 11.4. The topological polar surface area (TPSA) is 68.3 Å². The Hall–Kier alpha value is -2.10. The van der Waals surface area contributed by atoms with Gasteiger partial charge < -0.3 is 0 Å². The zero-order valence-corrected chi connectivity index (χ0v) is 22.4. The minimum atomic E-state index is -0.363. The largest absolute Gasteiger partial charge is 0.300 e. The Morgan fingerprint density at radius 2 is 1.76 bits per heavy atom. The van der Waals surface area contributed by atoms with Gasteiger partial charge in [0.25, 0.3) is 0 Å². The van der Waals surface area contributed by atoms with E-state index in [1.807, 2.05) is 40.7 Å². The van der Waals surface area contributed by atoms with Gasteiger partial charge >= 0.3 is 0 Å². The third-order valence-electron chi connectivity index (χ3n) is 7.46. The average Bonchev–Trinajstić information content (AvgIpc) is 2.72. The van der Waals surface area contributed by atoms with Crippen molar-refractivity contribution < 1.29 is 19.2 Å². The summed E-state index contributed by atoms with van der Waals surface area (Å²) in [6.07, 6.45) is 5.94. The Balaban J connectivity index is 2.28. The van der Waals surface area contributed by atoms with Crippen molar-refractivity contribution in [2.75, 3.05) is 0 Å². The number of benzene rings is 1. The molecule has 0 spiro atoms. The number of rotatable bonds is 12. The third kappa shape index (κ3) is 7.20. The number of carbonyl (C=O) groups is 4. The number of Topliss-reactive ketones (excluding diaryl/α,β-unsaturated/α-hetero) is 4. The number of fused-ring (bicyclic) bond motifs is 1. The van der Waals surface area contributed by atoms with Gasteiger partial charge in [-0.15, -0.1) is 0 Å². The van der Waals surface area contributed by atoms with E-state index >= 15 is 0 Å². The SMILES string of the molecule is CCCC(CC1CC(=O)c2c(C)ccc(CCC(=O)C(C)(C)C)c2C1)C(CC)C(=O)CC(C)=O. The van der Waals surface area contributed by atoms with Crippen LogP contribution >= 0.6 is 0 Å². The lowest BCUT2D eigenvalue weighted by Crippen LogP contribution is -2.30. The van der Waals surface area contributed by atoms with Gasteiger partial charge in [-0.05, 0) is 68.1 Å². The number of carbonyl (C=O) groups excluding carboxylic acids is 4. The predicted molar refractivity (Wildman–Crippen MR) is 137 cm³/mol. The summed E-state index contributed by atoms with van der Waals surface area (Å²) >= 11 is 0. The summed E-state index contributed by atoms with van der Waals surface area (Å²) in [5.74, 6) is 0.649. The molecule has 1 aliphatic carbocycles. The molecule has 0 heterocycles. The van der Waals surface area contributed by atoms with Crippen LogP contribution in [0, 0.1) is 30.1 Å². The van der Waals surface area contributed by atoms with Crippen LogP contribution in [0.5, 0.6) is 0 Å². The van der Waals surface area contributed by atoms with Gasteiger partial charge in [0.1, 0.15) is 17.3 Å². The Labute approximate surface area is 206 Å². The molecule has 4 heteroatoms. The van der Waals surface area contributed by atoms with E-state index in [4.69, 9.17) is 0 Å². The fourth-order valence-electron chi connectivity index (χ4n) is 5.66. The van der Waals surface area contributed by atoms with E-state index < -0.39 is 0 Å². The molecule has 1 aromatic rings. The lowest BCUT2D eigenvalue weighted by molar-refractivity contribution is -0.130. The summed E-state index contributed by atoms with van der Waals surface area (Å²) in [5, 5.41) is 0. The monoisotopic (exact) mass is 468 g/mol. The number of ketones is 4. The van der Waals surface area contributed by atoms with Gasteiger partial charge in [-0.2, -0.15) is 0 Å². The van der Waals surface area contributed by atoms with Crippen molar-refractivity contribution in [2.45, 2.75) is 106 Å². The van der Waals surface area contributed by atoms with Crippen molar-refractivity contribution >= 4 is 23.1 Å². The smallest absolute Gasteiger partial charge is 0.163 e. The standard InChI is InChI=1S/C30H44O4/c1-8-10-23(24(9-2)26(32)15-20(4)31)16-21-17-25-22(13-14-28(34)30(5,6)7)12-11-19(3)29(25)27(33)18-21/h11-12,21,23-24H,8-10,13-18H2,1-7H3. The summed E-state index contributed by atoms with van der Waals surface area (Å²) < 4.78 is 0. The molecule has 0 aliphatic heterocycles.